The molecule has 120 valence electrons. The van der Waals surface area contributed by atoms with Crippen LogP contribution in [0.1, 0.15) is 13.3 Å². The summed E-state index contributed by atoms with van der Waals surface area (Å²) in [6, 6.07) is 11.5. The van der Waals surface area contributed by atoms with E-state index in [0.717, 1.165) is 29.1 Å². The van der Waals surface area contributed by atoms with Gasteiger partial charge in [0.25, 0.3) is 0 Å². The Morgan fingerprint density at radius 2 is 2.09 bits per heavy atom. The van der Waals surface area contributed by atoms with Crippen LogP contribution in [0.4, 0.5) is 5.82 Å². The number of nitrogens with zero attached hydrogens (tertiary/aromatic N) is 3. The van der Waals surface area contributed by atoms with E-state index >= 15 is 0 Å². The molecular formula is C17H20N4O2. The topological polar surface area (TPSA) is 71.7 Å². The van der Waals surface area contributed by atoms with Gasteiger partial charge in [0.1, 0.15) is 11.6 Å². The highest BCUT2D eigenvalue weighted by Crippen LogP contribution is 2.29. The van der Waals surface area contributed by atoms with E-state index in [1.54, 1.807) is 17.8 Å². The summed E-state index contributed by atoms with van der Waals surface area (Å²) in [4.78, 5) is 4.40. The van der Waals surface area contributed by atoms with Crippen LogP contribution in [0.25, 0.3) is 16.9 Å². The van der Waals surface area contributed by atoms with Gasteiger partial charge in [0, 0.05) is 5.56 Å². The molecule has 23 heavy (non-hydrogen) atoms. The number of para-hydroxylation sites is 1. The third-order valence-electron chi connectivity index (χ3n) is 3.81. The maximum Gasteiger partial charge on any atom is 0.154 e. The van der Waals surface area contributed by atoms with E-state index in [4.69, 9.17) is 4.74 Å². The van der Waals surface area contributed by atoms with Crippen LogP contribution in [0.3, 0.4) is 0 Å². The van der Waals surface area contributed by atoms with Crippen molar-refractivity contribution in [1.29, 1.82) is 0 Å². The van der Waals surface area contributed by atoms with Crippen molar-refractivity contribution >= 4 is 11.5 Å². The molecule has 0 aliphatic heterocycles. The number of imidazole rings is 1. The molecule has 0 aliphatic carbocycles. The van der Waals surface area contributed by atoms with E-state index in [-0.39, 0.29) is 12.6 Å². The minimum Gasteiger partial charge on any atom is -0.496 e. The fourth-order valence-electron chi connectivity index (χ4n) is 2.48. The van der Waals surface area contributed by atoms with Crippen molar-refractivity contribution in [1.82, 2.24) is 14.6 Å². The zero-order valence-electron chi connectivity index (χ0n) is 13.2. The Labute approximate surface area is 134 Å². The van der Waals surface area contributed by atoms with Crippen molar-refractivity contribution in [3.05, 3.63) is 42.6 Å². The number of anilines is 1. The van der Waals surface area contributed by atoms with Gasteiger partial charge in [0.05, 0.1) is 31.6 Å². The number of benzene rings is 1. The molecule has 1 aromatic carbocycles. The number of aromatic nitrogens is 3. The summed E-state index contributed by atoms with van der Waals surface area (Å²) in [6.45, 7) is 2.09. The second kappa shape index (κ2) is 6.66. The summed E-state index contributed by atoms with van der Waals surface area (Å²) in [5.74, 6) is 1.48. The number of hydrogen-bond acceptors (Lipinski definition) is 5. The molecule has 0 spiro atoms. The van der Waals surface area contributed by atoms with Crippen molar-refractivity contribution in [2.24, 2.45) is 0 Å². The lowest BCUT2D eigenvalue weighted by Crippen LogP contribution is -2.23. The first-order chi connectivity index (χ1) is 11.3. The molecule has 0 aliphatic rings. The predicted molar refractivity (Wildman–Crippen MR) is 89.8 cm³/mol. The first-order valence-corrected chi connectivity index (χ1v) is 7.62. The van der Waals surface area contributed by atoms with Crippen molar-refractivity contribution in [2.75, 3.05) is 19.0 Å². The van der Waals surface area contributed by atoms with Gasteiger partial charge in [-0.05, 0) is 30.7 Å². The summed E-state index contributed by atoms with van der Waals surface area (Å²) in [6.07, 6.45) is 2.60. The Bertz CT molecular complexity index is 796. The van der Waals surface area contributed by atoms with Crippen molar-refractivity contribution in [3.8, 4) is 17.0 Å². The van der Waals surface area contributed by atoms with Crippen LogP contribution in [0.15, 0.2) is 42.6 Å². The van der Waals surface area contributed by atoms with E-state index < -0.39 is 0 Å². The van der Waals surface area contributed by atoms with Gasteiger partial charge < -0.3 is 15.2 Å². The summed E-state index contributed by atoms with van der Waals surface area (Å²) >= 11 is 0. The van der Waals surface area contributed by atoms with Crippen LogP contribution >= 0.6 is 0 Å². The van der Waals surface area contributed by atoms with Gasteiger partial charge in [-0.1, -0.05) is 19.1 Å². The Balaban J connectivity index is 2.05. The van der Waals surface area contributed by atoms with Gasteiger partial charge in [-0.25, -0.2) is 9.50 Å². The highest BCUT2D eigenvalue weighted by atomic mass is 16.5. The molecule has 2 heterocycles. The van der Waals surface area contributed by atoms with Gasteiger partial charge in [-0.2, -0.15) is 0 Å². The molecule has 3 aromatic rings. The highest BCUT2D eigenvalue weighted by Gasteiger charge is 2.13. The normalized spacial score (nSPS) is 12.3. The van der Waals surface area contributed by atoms with Gasteiger partial charge in [0.2, 0.25) is 0 Å². The Morgan fingerprint density at radius 3 is 2.83 bits per heavy atom. The maximum absolute atomic E-state index is 9.34. The largest absolute Gasteiger partial charge is 0.496 e. The summed E-state index contributed by atoms with van der Waals surface area (Å²) in [5.41, 5.74) is 2.55. The number of ether oxygens (including phenoxy) is 1. The number of methoxy groups -OCH3 is 1. The van der Waals surface area contributed by atoms with E-state index in [2.05, 4.69) is 15.4 Å². The molecule has 6 heteroatoms. The zero-order valence-corrected chi connectivity index (χ0v) is 13.2. The smallest absolute Gasteiger partial charge is 0.154 e. The first kappa shape index (κ1) is 15.3. The zero-order chi connectivity index (χ0) is 16.2. The Morgan fingerprint density at radius 1 is 1.26 bits per heavy atom. The number of hydrogen-bond donors (Lipinski definition) is 2. The van der Waals surface area contributed by atoms with Crippen LogP contribution in [0.5, 0.6) is 5.75 Å². The molecule has 1 unspecified atom stereocenters. The van der Waals surface area contributed by atoms with Gasteiger partial charge in [-0.15, -0.1) is 5.10 Å². The Hall–Kier alpha value is -2.60. The van der Waals surface area contributed by atoms with Crippen molar-refractivity contribution in [3.63, 3.8) is 0 Å². The fraction of sp³-hybridized carbons (Fsp3) is 0.294. The maximum atomic E-state index is 9.34. The van der Waals surface area contributed by atoms with E-state index in [9.17, 15) is 5.11 Å². The third-order valence-corrected chi connectivity index (χ3v) is 3.81. The molecule has 6 nitrogen and oxygen atoms in total. The first-order valence-electron chi connectivity index (χ1n) is 7.62. The third kappa shape index (κ3) is 2.98. The summed E-state index contributed by atoms with van der Waals surface area (Å²) < 4.78 is 7.21. The minimum atomic E-state index is -0.0156. The number of aliphatic hydroxyl groups excluding tert-OH is 1. The number of fused-ring (bicyclic) bond motifs is 1. The standard InChI is InChI=1S/C17H20N4O2/c1-3-12(11-22)19-16-8-9-17-18-10-14(21(17)20-16)13-6-4-5-7-15(13)23-2/h4-10,12,22H,3,11H2,1-2H3,(H,19,20). The number of rotatable bonds is 6. The van der Waals surface area contributed by atoms with Gasteiger partial charge in [-0.3, -0.25) is 0 Å². The molecule has 0 saturated heterocycles. The monoisotopic (exact) mass is 312 g/mol. The summed E-state index contributed by atoms with van der Waals surface area (Å²) in [7, 11) is 1.65. The van der Waals surface area contributed by atoms with Crippen molar-refractivity contribution in [2.45, 2.75) is 19.4 Å². The van der Waals surface area contributed by atoms with Gasteiger partial charge >= 0.3 is 0 Å². The fourth-order valence-corrected chi connectivity index (χ4v) is 2.48. The van der Waals surface area contributed by atoms with E-state index in [0.29, 0.717) is 5.82 Å². The number of aliphatic hydroxyl groups is 1. The molecule has 0 saturated carbocycles. The minimum absolute atomic E-state index is 0.0156. The molecule has 0 fully saturated rings. The lowest BCUT2D eigenvalue weighted by Gasteiger charge is -2.15. The molecule has 0 amide bonds. The average Bonchev–Trinajstić information content (AvgIpc) is 3.02. The molecule has 0 bridgehead atoms. The SMILES string of the molecule is CCC(CO)Nc1ccc2ncc(-c3ccccc3OC)n2n1. The van der Waals surface area contributed by atoms with Crippen LogP contribution in [-0.2, 0) is 0 Å². The molecule has 2 aromatic heterocycles. The quantitative estimate of drug-likeness (QED) is 0.732. The van der Waals surface area contributed by atoms with E-state index in [1.807, 2.05) is 43.3 Å². The lowest BCUT2D eigenvalue weighted by molar-refractivity contribution is 0.271. The number of nitrogens with one attached hydrogen (secondary N) is 1. The lowest BCUT2D eigenvalue weighted by atomic mass is 10.1. The second-order valence-electron chi connectivity index (χ2n) is 5.26. The second-order valence-corrected chi connectivity index (χ2v) is 5.26. The summed E-state index contributed by atoms with van der Waals surface area (Å²) in [5, 5.41) is 17.2. The van der Waals surface area contributed by atoms with Crippen LogP contribution in [0, 0.1) is 0 Å². The molecule has 2 N–H and O–H groups in total. The van der Waals surface area contributed by atoms with Crippen molar-refractivity contribution < 1.29 is 9.84 Å². The highest BCUT2D eigenvalue weighted by molar-refractivity contribution is 5.69. The molecular weight excluding hydrogens is 292 g/mol. The van der Waals surface area contributed by atoms with Crippen LogP contribution in [0.2, 0.25) is 0 Å². The average molecular weight is 312 g/mol. The van der Waals surface area contributed by atoms with Gasteiger partial charge in [0.15, 0.2) is 5.65 Å². The molecule has 1 atom stereocenters. The Kier molecular flexibility index (Phi) is 4.43. The van der Waals surface area contributed by atoms with Crippen LogP contribution in [-0.4, -0.2) is 39.5 Å². The molecule has 3 rings (SSSR count). The van der Waals surface area contributed by atoms with Crippen LogP contribution < -0.4 is 10.1 Å². The predicted octanol–water partition coefficient (Wildman–Crippen LogP) is 2.59. The van der Waals surface area contributed by atoms with E-state index in [1.165, 1.54) is 0 Å². The molecule has 0 radical (unpaired) electrons.